The molecular formula is C4H7O6Ti-. The summed E-state index contributed by atoms with van der Waals surface area (Å²) in [6, 6.07) is 0. The SMILES string of the molecule is O.O.O=C(O)[C-]=CC(=O)O.[Ti]. The van der Waals surface area contributed by atoms with E-state index in [2.05, 4.69) is 0 Å². The Labute approximate surface area is 77.0 Å². The molecule has 6 nitrogen and oxygen atoms in total. The summed E-state index contributed by atoms with van der Waals surface area (Å²) in [7, 11) is 0. The summed E-state index contributed by atoms with van der Waals surface area (Å²) in [5, 5.41) is 15.5. The topological polar surface area (TPSA) is 138 Å². The molecule has 0 saturated carbocycles. The van der Waals surface area contributed by atoms with E-state index in [1.54, 1.807) is 0 Å². The van der Waals surface area contributed by atoms with Crippen LogP contribution in [0.15, 0.2) is 6.08 Å². The van der Waals surface area contributed by atoms with Crippen LogP contribution in [0.2, 0.25) is 0 Å². The van der Waals surface area contributed by atoms with Gasteiger partial charge < -0.3 is 26.0 Å². The zero-order valence-electron chi connectivity index (χ0n) is 5.29. The predicted molar refractivity (Wildman–Crippen MR) is 30.3 cm³/mol. The molecule has 0 rings (SSSR count). The first kappa shape index (κ1) is 22.4. The molecule has 0 radical (unpaired) electrons. The van der Waals surface area contributed by atoms with Crippen molar-refractivity contribution in [3.05, 3.63) is 12.2 Å². The molecule has 0 unspecified atom stereocenters. The molecule has 0 heterocycles. The molecule has 0 fully saturated rings. The third-order valence-corrected chi connectivity index (χ3v) is 0.319. The molecular weight excluding hydrogens is 192 g/mol. The number of hydrogen-bond acceptors (Lipinski definition) is 2. The van der Waals surface area contributed by atoms with Gasteiger partial charge in [-0.25, -0.2) is 0 Å². The van der Waals surface area contributed by atoms with Crippen LogP contribution in [0.4, 0.5) is 0 Å². The van der Waals surface area contributed by atoms with Gasteiger partial charge in [0.2, 0.25) is 5.97 Å². The molecule has 0 aromatic heterocycles. The van der Waals surface area contributed by atoms with Crippen LogP contribution in [-0.4, -0.2) is 33.1 Å². The van der Waals surface area contributed by atoms with E-state index in [0.717, 1.165) is 0 Å². The zero-order valence-corrected chi connectivity index (χ0v) is 6.85. The van der Waals surface area contributed by atoms with Crippen molar-refractivity contribution >= 4 is 11.9 Å². The molecule has 0 aliphatic heterocycles. The molecule has 6 N–H and O–H groups in total. The van der Waals surface area contributed by atoms with Crippen molar-refractivity contribution in [1.29, 1.82) is 0 Å². The third-order valence-electron chi connectivity index (χ3n) is 0.319. The van der Waals surface area contributed by atoms with Crippen LogP contribution >= 0.6 is 0 Å². The van der Waals surface area contributed by atoms with E-state index in [1.807, 2.05) is 0 Å². The van der Waals surface area contributed by atoms with Gasteiger partial charge in [-0.15, -0.1) is 6.08 Å². The van der Waals surface area contributed by atoms with Gasteiger partial charge in [0, 0.05) is 21.7 Å². The number of carboxylic acid groups (broad SMARTS) is 2. The van der Waals surface area contributed by atoms with Gasteiger partial charge in [-0.3, -0.25) is 4.79 Å². The van der Waals surface area contributed by atoms with Gasteiger partial charge in [0.15, 0.2) is 5.97 Å². The van der Waals surface area contributed by atoms with Crippen LogP contribution < -0.4 is 0 Å². The van der Waals surface area contributed by atoms with Gasteiger partial charge >= 0.3 is 0 Å². The van der Waals surface area contributed by atoms with Crippen molar-refractivity contribution in [3.63, 3.8) is 0 Å². The normalized spacial score (nSPS) is 6.91. The number of carboxylic acids is 2. The summed E-state index contributed by atoms with van der Waals surface area (Å²) in [6.45, 7) is 0. The Morgan fingerprint density at radius 1 is 1.18 bits per heavy atom. The zero-order chi connectivity index (χ0) is 6.57. The second-order valence-corrected chi connectivity index (χ2v) is 0.932. The Balaban J connectivity index is -0.0000000817. The second-order valence-electron chi connectivity index (χ2n) is 0.932. The van der Waals surface area contributed by atoms with Crippen LogP contribution in [0.1, 0.15) is 0 Å². The number of aliphatic carboxylic acids is 2. The minimum Gasteiger partial charge on any atom is -0.562 e. The Kier molecular flexibility index (Phi) is 24.6. The summed E-state index contributed by atoms with van der Waals surface area (Å²) in [4.78, 5) is 19.0. The largest absolute Gasteiger partial charge is 0.562 e. The standard InChI is InChI=1S/C4H3O4.2H2O.Ti/c5-3(6)1-2-4(7)8;;;/h1H,(H,5,6)(H,7,8);2*1H2;/q-1;;;. The molecule has 7 heteroatoms. The summed E-state index contributed by atoms with van der Waals surface area (Å²) in [6.07, 6.45) is 1.97. The van der Waals surface area contributed by atoms with E-state index in [1.165, 1.54) is 6.08 Å². The predicted octanol–water partition coefficient (Wildman–Crippen LogP) is -2.14. The molecule has 0 aliphatic rings. The van der Waals surface area contributed by atoms with Crippen molar-refractivity contribution in [2.24, 2.45) is 0 Å². The number of hydrogen-bond donors (Lipinski definition) is 2. The average molecular weight is 199 g/mol. The van der Waals surface area contributed by atoms with Crippen LogP contribution in [0.3, 0.4) is 0 Å². The first-order valence-corrected chi connectivity index (χ1v) is 1.68. The van der Waals surface area contributed by atoms with Crippen LogP contribution in [0.5, 0.6) is 0 Å². The quantitative estimate of drug-likeness (QED) is 0.297. The van der Waals surface area contributed by atoms with Gasteiger partial charge in [-0.1, -0.05) is 0 Å². The fourth-order valence-corrected chi connectivity index (χ4v) is 0.123. The fraction of sp³-hybridized carbons (Fsp3) is 0. The van der Waals surface area contributed by atoms with Crippen molar-refractivity contribution < 1.29 is 52.5 Å². The maximum absolute atomic E-state index is 9.52. The van der Waals surface area contributed by atoms with E-state index in [4.69, 9.17) is 10.2 Å². The Bertz CT molecular complexity index is 126. The summed E-state index contributed by atoms with van der Waals surface area (Å²) < 4.78 is 0. The maximum atomic E-state index is 9.52. The third kappa shape index (κ3) is 26.8. The molecule has 0 spiro atoms. The average Bonchev–Trinajstić information content (AvgIpc) is 1.61. The molecule has 64 valence electrons. The van der Waals surface area contributed by atoms with Gasteiger partial charge in [0.1, 0.15) is 0 Å². The first-order valence-electron chi connectivity index (χ1n) is 1.68. The minimum atomic E-state index is -1.38. The maximum Gasteiger partial charge on any atom is 0.235 e. The van der Waals surface area contributed by atoms with Crippen molar-refractivity contribution in [2.45, 2.75) is 0 Å². The Morgan fingerprint density at radius 3 is 1.64 bits per heavy atom. The van der Waals surface area contributed by atoms with Gasteiger partial charge in [-0.2, -0.15) is 6.08 Å². The van der Waals surface area contributed by atoms with Crippen molar-refractivity contribution in [2.75, 3.05) is 0 Å². The molecule has 0 aromatic carbocycles. The molecule has 0 aliphatic carbocycles. The van der Waals surface area contributed by atoms with Gasteiger partial charge in [-0.05, 0) is 0 Å². The first-order chi connectivity index (χ1) is 3.63. The van der Waals surface area contributed by atoms with E-state index < -0.39 is 11.9 Å². The second kappa shape index (κ2) is 12.0. The Morgan fingerprint density at radius 2 is 1.55 bits per heavy atom. The number of rotatable bonds is 2. The summed E-state index contributed by atoms with van der Waals surface area (Å²) in [5.74, 6) is -2.69. The van der Waals surface area contributed by atoms with Crippen LogP contribution in [-0.2, 0) is 31.3 Å². The van der Waals surface area contributed by atoms with E-state index in [-0.39, 0.29) is 32.7 Å². The molecule has 0 saturated heterocycles. The molecule has 0 atom stereocenters. The van der Waals surface area contributed by atoms with E-state index in [9.17, 15) is 9.59 Å². The Hall–Kier alpha value is -0.686. The van der Waals surface area contributed by atoms with Crippen molar-refractivity contribution in [3.8, 4) is 0 Å². The molecule has 0 aromatic rings. The summed E-state index contributed by atoms with van der Waals surface area (Å²) >= 11 is 0. The van der Waals surface area contributed by atoms with Gasteiger partial charge in [0.05, 0.1) is 0 Å². The molecule has 0 amide bonds. The van der Waals surface area contributed by atoms with Gasteiger partial charge in [0.25, 0.3) is 0 Å². The minimum absolute atomic E-state index is 0. The van der Waals surface area contributed by atoms with Crippen LogP contribution in [0.25, 0.3) is 0 Å². The van der Waals surface area contributed by atoms with Crippen molar-refractivity contribution in [1.82, 2.24) is 0 Å². The van der Waals surface area contributed by atoms with E-state index >= 15 is 0 Å². The smallest absolute Gasteiger partial charge is 0.235 e. The van der Waals surface area contributed by atoms with E-state index in [0.29, 0.717) is 6.08 Å². The number of carbonyl (C=O) groups is 2. The molecule has 11 heavy (non-hydrogen) atoms. The molecule has 0 bridgehead atoms. The summed E-state index contributed by atoms with van der Waals surface area (Å²) in [5.41, 5.74) is 0. The monoisotopic (exact) mass is 199 g/mol. The fourth-order valence-electron chi connectivity index (χ4n) is 0.123. The van der Waals surface area contributed by atoms with Crippen LogP contribution in [0, 0.1) is 6.08 Å².